The van der Waals surface area contributed by atoms with Crippen LogP contribution in [-0.4, -0.2) is 47.7 Å². The smallest absolute Gasteiger partial charge is 0.411 e. The number of benzene rings is 3. The maximum atomic E-state index is 12.6. The average Bonchev–Trinajstić information content (AvgIpc) is 3.16. The van der Waals surface area contributed by atoms with E-state index in [1.165, 1.54) is 26.1 Å². The number of hydrogen-bond acceptors (Lipinski definition) is 4. The molecule has 0 saturated carbocycles. The Kier molecular flexibility index (Phi) is 6.70. The van der Waals surface area contributed by atoms with Gasteiger partial charge in [0.15, 0.2) is 0 Å². The summed E-state index contributed by atoms with van der Waals surface area (Å²) in [5.74, 6) is -1.58. The van der Waals surface area contributed by atoms with Crippen molar-refractivity contribution in [2.75, 3.05) is 19.0 Å². The van der Waals surface area contributed by atoms with Gasteiger partial charge in [0.1, 0.15) is 12.6 Å². The number of carboxylic acid groups (broad SMARTS) is 1. The van der Waals surface area contributed by atoms with Crippen LogP contribution in [0.2, 0.25) is 0 Å². The molecule has 1 atom stereocenters. The minimum absolute atomic E-state index is 0.0478. The molecule has 3 aromatic carbocycles. The molecule has 0 aromatic heterocycles. The molecule has 1 aliphatic rings. The molecule has 0 bridgehead atoms. The summed E-state index contributed by atoms with van der Waals surface area (Å²) < 4.78 is 6.04. The number of carbonyl (C=O) groups is 3. The van der Waals surface area contributed by atoms with Gasteiger partial charge >= 0.3 is 12.1 Å². The first kappa shape index (κ1) is 23.5. The Morgan fingerprint density at radius 3 is 2.18 bits per heavy atom. The van der Waals surface area contributed by atoms with Crippen molar-refractivity contribution in [1.29, 1.82) is 0 Å². The Balaban J connectivity index is 1.42. The molecule has 174 valence electrons. The van der Waals surface area contributed by atoms with Crippen molar-refractivity contribution in [3.05, 3.63) is 87.9 Å². The number of halogens is 1. The summed E-state index contributed by atoms with van der Waals surface area (Å²) >= 11 is 3.36. The number of hydrogen-bond donors (Lipinski definition) is 2. The normalized spacial score (nSPS) is 12.9. The molecule has 8 heteroatoms. The van der Waals surface area contributed by atoms with Gasteiger partial charge in [-0.2, -0.15) is 0 Å². The first-order valence-corrected chi connectivity index (χ1v) is 11.5. The predicted octanol–water partition coefficient (Wildman–Crippen LogP) is 5.36. The lowest BCUT2D eigenvalue weighted by Gasteiger charge is -2.21. The second kappa shape index (κ2) is 9.69. The fraction of sp³-hybridized carbons (Fsp3) is 0.192. The van der Waals surface area contributed by atoms with Crippen LogP contribution in [0.1, 0.15) is 34.3 Å². The number of fused-ring (bicyclic) bond motifs is 3. The van der Waals surface area contributed by atoms with E-state index >= 15 is 0 Å². The number of nitrogens with zero attached hydrogens (tertiary/aromatic N) is 1. The van der Waals surface area contributed by atoms with E-state index in [1.54, 1.807) is 6.07 Å². The maximum Gasteiger partial charge on any atom is 0.411 e. The molecule has 34 heavy (non-hydrogen) atoms. The van der Waals surface area contributed by atoms with Gasteiger partial charge in [-0.15, -0.1) is 0 Å². The Morgan fingerprint density at radius 1 is 1.03 bits per heavy atom. The van der Waals surface area contributed by atoms with E-state index in [0.29, 0.717) is 15.7 Å². The largest absolute Gasteiger partial charge is 0.480 e. The zero-order valence-electron chi connectivity index (χ0n) is 18.6. The number of carbonyl (C=O) groups excluding carboxylic acids is 2. The van der Waals surface area contributed by atoms with Crippen LogP contribution in [0.25, 0.3) is 11.1 Å². The molecule has 0 unspecified atom stereocenters. The SMILES string of the molecule is C[C@@H](C(=O)O)N(C)C(=O)c1ccc(NC(=O)OCC2c3ccccc3-c3ccccc32)c(Br)c1. The van der Waals surface area contributed by atoms with Crippen molar-refractivity contribution in [2.45, 2.75) is 18.9 Å². The van der Waals surface area contributed by atoms with Crippen molar-refractivity contribution < 1.29 is 24.2 Å². The van der Waals surface area contributed by atoms with E-state index in [2.05, 4.69) is 45.5 Å². The van der Waals surface area contributed by atoms with Gasteiger partial charge in [0, 0.05) is 23.0 Å². The Hall–Kier alpha value is -3.65. The van der Waals surface area contributed by atoms with Crippen LogP contribution in [0.5, 0.6) is 0 Å². The van der Waals surface area contributed by atoms with Crippen LogP contribution in [0, 0.1) is 0 Å². The third-order valence-electron chi connectivity index (χ3n) is 6.06. The van der Waals surface area contributed by atoms with Crippen molar-refractivity contribution in [1.82, 2.24) is 4.90 Å². The number of ether oxygens (including phenoxy) is 1. The lowest BCUT2D eigenvalue weighted by molar-refractivity contribution is -0.141. The topological polar surface area (TPSA) is 95.9 Å². The molecule has 7 nitrogen and oxygen atoms in total. The second-order valence-corrected chi connectivity index (χ2v) is 8.93. The Morgan fingerprint density at radius 2 is 1.62 bits per heavy atom. The van der Waals surface area contributed by atoms with Gasteiger partial charge in [0.25, 0.3) is 5.91 Å². The van der Waals surface area contributed by atoms with E-state index in [-0.39, 0.29) is 12.5 Å². The molecular formula is C26H23BrN2O5. The maximum absolute atomic E-state index is 12.6. The number of likely N-dealkylation sites (N-methyl/N-ethyl adjacent to an activating group) is 1. The summed E-state index contributed by atoms with van der Waals surface area (Å²) in [7, 11) is 1.43. The molecule has 2 amide bonds. The summed E-state index contributed by atoms with van der Waals surface area (Å²) in [5.41, 5.74) is 5.28. The Labute approximate surface area is 205 Å². The summed E-state index contributed by atoms with van der Waals surface area (Å²) in [4.78, 5) is 37.4. The van der Waals surface area contributed by atoms with Gasteiger partial charge in [-0.25, -0.2) is 9.59 Å². The van der Waals surface area contributed by atoms with E-state index in [4.69, 9.17) is 9.84 Å². The second-order valence-electron chi connectivity index (χ2n) is 8.08. The van der Waals surface area contributed by atoms with Crippen LogP contribution in [0.15, 0.2) is 71.2 Å². The van der Waals surface area contributed by atoms with E-state index < -0.39 is 24.0 Å². The summed E-state index contributed by atoms with van der Waals surface area (Å²) in [6.45, 7) is 1.62. The van der Waals surface area contributed by atoms with Crippen LogP contribution in [-0.2, 0) is 9.53 Å². The highest BCUT2D eigenvalue weighted by Crippen LogP contribution is 2.44. The zero-order chi connectivity index (χ0) is 24.4. The molecule has 0 saturated heterocycles. The molecular weight excluding hydrogens is 500 g/mol. The van der Waals surface area contributed by atoms with Gasteiger partial charge in [-0.05, 0) is 63.3 Å². The van der Waals surface area contributed by atoms with E-state index in [0.717, 1.165) is 27.2 Å². The van der Waals surface area contributed by atoms with Gasteiger partial charge in [0.05, 0.1) is 5.69 Å². The van der Waals surface area contributed by atoms with Crippen LogP contribution >= 0.6 is 15.9 Å². The number of nitrogens with one attached hydrogen (secondary N) is 1. The summed E-state index contributed by atoms with van der Waals surface area (Å²) in [6.07, 6.45) is -0.613. The highest BCUT2D eigenvalue weighted by molar-refractivity contribution is 9.10. The molecule has 0 spiro atoms. The number of rotatable bonds is 6. The lowest BCUT2D eigenvalue weighted by atomic mass is 9.98. The van der Waals surface area contributed by atoms with Gasteiger partial charge in [-0.3, -0.25) is 10.1 Å². The number of amides is 2. The fourth-order valence-electron chi connectivity index (χ4n) is 4.04. The van der Waals surface area contributed by atoms with Gasteiger partial charge < -0.3 is 14.7 Å². The third kappa shape index (κ3) is 4.54. The predicted molar refractivity (Wildman–Crippen MR) is 132 cm³/mol. The highest BCUT2D eigenvalue weighted by atomic mass is 79.9. The van der Waals surface area contributed by atoms with Gasteiger partial charge in [0.2, 0.25) is 0 Å². The van der Waals surface area contributed by atoms with E-state index in [9.17, 15) is 14.4 Å². The molecule has 3 aromatic rings. The number of carboxylic acids is 1. The molecule has 0 fully saturated rings. The Bertz CT molecular complexity index is 1230. The minimum Gasteiger partial charge on any atom is -0.480 e. The monoisotopic (exact) mass is 522 g/mol. The lowest BCUT2D eigenvalue weighted by Crippen LogP contribution is -2.40. The summed E-state index contributed by atoms with van der Waals surface area (Å²) in [5, 5.41) is 11.8. The van der Waals surface area contributed by atoms with Crippen LogP contribution in [0.4, 0.5) is 10.5 Å². The number of aliphatic carboxylic acids is 1. The minimum atomic E-state index is -1.09. The molecule has 0 radical (unpaired) electrons. The molecule has 1 aliphatic carbocycles. The van der Waals surface area contributed by atoms with Crippen molar-refractivity contribution >= 4 is 39.6 Å². The molecule has 4 rings (SSSR count). The molecule has 0 heterocycles. The first-order valence-electron chi connectivity index (χ1n) is 10.7. The van der Waals surface area contributed by atoms with E-state index in [1.807, 2.05) is 24.3 Å². The fourth-order valence-corrected chi connectivity index (χ4v) is 4.52. The van der Waals surface area contributed by atoms with Crippen LogP contribution < -0.4 is 5.32 Å². The quantitative estimate of drug-likeness (QED) is 0.454. The first-order chi connectivity index (χ1) is 16.3. The van der Waals surface area contributed by atoms with Crippen molar-refractivity contribution in [3.63, 3.8) is 0 Å². The summed E-state index contributed by atoms with van der Waals surface area (Å²) in [6, 6.07) is 19.9. The van der Waals surface area contributed by atoms with Crippen molar-refractivity contribution in [3.8, 4) is 11.1 Å². The van der Waals surface area contributed by atoms with Gasteiger partial charge in [-0.1, -0.05) is 48.5 Å². The molecule has 0 aliphatic heterocycles. The average molecular weight is 523 g/mol. The highest BCUT2D eigenvalue weighted by Gasteiger charge is 2.29. The standard InChI is InChI=1S/C26H23BrN2O5/c1-15(25(31)32)29(2)24(30)16-11-12-23(22(27)13-16)28-26(33)34-14-21-19-9-5-3-7-17(19)18-8-4-6-10-20(18)21/h3-13,15,21H,14H2,1-2H3,(H,28,33)(H,31,32)/t15-/m0/s1. The zero-order valence-corrected chi connectivity index (χ0v) is 20.2. The number of anilines is 1. The van der Waals surface area contributed by atoms with Crippen molar-refractivity contribution in [2.24, 2.45) is 0 Å². The third-order valence-corrected chi connectivity index (χ3v) is 6.71. The van der Waals surface area contributed by atoms with Crippen LogP contribution in [0.3, 0.4) is 0 Å². The molecule has 2 N–H and O–H groups in total.